The molecule has 2 rings (SSSR count). The fourth-order valence-corrected chi connectivity index (χ4v) is 2.72. The maximum absolute atomic E-state index is 6.06. The van der Waals surface area contributed by atoms with Gasteiger partial charge in [-0.3, -0.25) is 0 Å². The van der Waals surface area contributed by atoms with Crippen LogP contribution in [-0.4, -0.2) is 11.0 Å². The highest BCUT2D eigenvalue weighted by atomic mass is 35.5. The molecule has 0 aliphatic rings. The number of hydrogen-bond acceptors (Lipinski definition) is 4. The minimum atomic E-state index is 0.213. The summed E-state index contributed by atoms with van der Waals surface area (Å²) in [4.78, 5) is 4.15. The molecule has 2 heterocycles. The van der Waals surface area contributed by atoms with Crippen molar-refractivity contribution >= 4 is 46.2 Å². The lowest BCUT2D eigenvalue weighted by atomic mass is 10.1. The zero-order valence-electron chi connectivity index (χ0n) is 9.78. The second-order valence-electron chi connectivity index (χ2n) is 4.07. The van der Waals surface area contributed by atoms with Crippen molar-refractivity contribution in [1.82, 2.24) is 4.98 Å². The molecule has 3 nitrogen and oxygen atoms in total. The number of rotatable bonds is 4. The van der Waals surface area contributed by atoms with Gasteiger partial charge in [-0.25, -0.2) is 4.98 Å². The van der Waals surface area contributed by atoms with Gasteiger partial charge in [0.2, 0.25) is 0 Å². The van der Waals surface area contributed by atoms with E-state index in [0.29, 0.717) is 15.9 Å². The third-order valence-corrected chi connectivity index (χ3v) is 3.78. The second kappa shape index (κ2) is 5.78. The van der Waals surface area contributed by atoms with E-state index in [1.54, 1.807) is 17.4 Å². The summed E-state index contributed by atoms with van der Waals surface area (Å²) in [5.41, 5.74) is 6.95. The van der Waals surface area contributed by atoms with Crippen LogP contribution in [0.1, 0.15) is 12.5 Å². The lowest BCUT2D eigenvalue weighted by Crippen LogP contribution is -2.19. The van der Waals surface area contributed by atoms with E-state index in [1.807, 2.05) is 0 Å². The molecule has 0 aromatic carbocycles. The fourth-order valence-electron chi connectivity index (χ4n) is 1.63. The van der Waals surface area contributed by atoms with Crippen molar-refractivity contribution in [3.8, 4) is 0 Å². The second-order valence-corrected chi connectivity index (χ2v) is 5.66. The molecule has 0 bridgehead atoms. The Kier molecular flexibility index (Phi) is 4.32. The van der Waals surface area contributed by atoms with Gasteiger partial charge in [0.05, 0.1) is 10.0 Å². The fraction of sp³-hybridized carbons (Fsp3) is 0.250. The van der Waals surface area contributed by atoms with Crippen LogP contribution < -0.4 is 11.1 Å². The Labute approximate surface area is 120 Å². The van der Waals surface area contributed by atoms with Crippen molar-refractivity contribution in [3.05, 3.63) is 38.5 Å². The summed E-state index contributed by atoms with van der Waals surface area (Å²) in [5, 5.41) is 8.28. The average molecular weight is 302 g/mol. The number of nitrogen functional groups attached to an aromatic ring is 1. The van der Waals surface area contributed by atoms with Gasteiger partial charge in [0, 0.05) is 6.04 Å². The monoisotopic (exact) mass is 301 g/mol. The number of pyridine rings is 1. The number of nitrogens with one attached hydrogen (secondary N) is 1. The SMILES string of the molecule is CC(Cc1ccsc1)Nc1nc(N)c(Cl)cc1Cl. The van der Waals surface area contributed by atoms with Crippen LogP contribution in [0.4, 0.5) is 11.6 Å². The summed E-state index contributed by atoms with van der Waals surface area (Å²) >= 11 is 13.6. The van der Waals surface area contributed by atoms with E-state index in [2.05, 4.69) is 34.1 Å². The molecule has 18 heavy (non-hydrogen) atoms. The van der Waals surface area contributed by atoms with Crippen LogP contribution in [-0.2, 0) is 6.42 Å². The highest BCUT2D eigenvalue weighted by Crippen LogP contribution is 2.28. The average Bonchev–Trinajstić information content (AvgIpc) is 2.78. The molecule has 0 saturated heterocycles. The van der Waals surface area contributed by atoms with Gasteiger partial charge in [-0.1, -0.05) is 23.2 Å². The smallest absolute Gasteiger partial charge is 0.147 e. The molecule has 1 atom stereocenters. The molecule has 0 aliphatic carbocycles. The van der Waals surface area contributed by atoms with Crippen LogP contribution in [0.5, 0.6) is 0 Å². The molecular weight excluding hydrogens is 289 g/mol. The molecule has 0 aliphatic heterocycles. The minimum Gasteiger partial charge on any atom is -0.382 e. The van der Waals surface area contributed by atoms with E-state index >= 15 is 0 Å². The number of aromatic nitrogens is 1. The standard InChI is InChI=1S/C12H13Cl2N3S/c1-7(4-8-2-3-18-6-8)16-12-10(14)5-9(13)11(15)17-12/h2-3,5-7H,4H2,1H3,(H3,15,16,17). The van der Waals surface area contributed by atoms with E-state index in [0.717, 1.165) is 6.42 Å². The van der Waals surface area contributed by atoms with E-state index < -0.39 is 0 Å². The molecule has 3 N–H and O–H groups in total. The normalized spacial score (nSPS) is 12.4. The highest BCUT2D eigenvalue weighted by molar-refractivity contribution is 7.07. The van der Waals surface area contributed by atoms with Gasteiger partial charge < -0.3 is 11.1 Å². The van der Waals surface area contributed by atoms with Crippen molar-refractivity contribution in [2.45, 2.75) is 19.4 Å². The van der Waals surface area contributed by atoms with E-state index in [4.69, 9.17) is 28.9 Å². The molecule has 0 spiro atoms. The molecule has 0 amide bonds. The van der Waals surface area contributed by atoms with Gasteiger partial charge in [0.1, 0.15) is 11.6 Å². The van der Waals surface area contributed by atoms with Crippen LogP contribution >= 0.6 is 34.5 Å². The highest BCUT2D eigenvalue weighted by Gasteiger charge is 2.10. The number of nitrogens with two attached hydrogens (primary N) is 1. The van der Waals surface area contributed by atoms with Crippen LogP contribution in [0.3, 0.4) is 0 Å². The Morgan fingerprint density at radius 2 is 2.22 bits per heavy atom. The van der Waals surface area contributed by atoms with Gasteiger partial charge in [0.25, 0.3) is 0 Å². The predicted molar refractivity (Wildman–Crippen MR) is 79.8 cm³/mol. The molecular formula is C12H13Cl2N3S. The number of nitrogens with zero attached hydrogens (tertiary/aromatic N) is 1. The Hall–Kier alpha value is -0.970. The zero-order chi connectivity index (χ0) is 13.1. The van der Waals surface area contributed by atoms with Crippen LogP contribution in [0.25, 0.3) is 0 Å². The molecule has 0 saturated carbocycles. The van der Waals surface area contributed by atoms with Crippen molar-refractivity contribution in [1.29, 1.82) is 0 Å². The third-order valence-electron chi connectivity index (χ3n) is 2.46. The molecule has 6 heteroatoms. The van der Waals surface area contributed by atoms with Crippen LogP contribution in [0, 0.1) is 0 Å². The quantitative estimate of drug-likeness (QED) is 0.895. The van der Waals surface area contributed by atoms with E-state index in [9.17, 15) is 0 Å². The summed E-state index contributed by atoms with van der Waals surface area (Å²) in [6.45, 7) is 2.07. The topological polar surface area (TPSA) is 50.9 Å². The molecule has 1 unspecified atom stereocenters. The molecule has 0 radical (unpaired) electrons. The summed E-state index contributed by atoms with van der Waals surface area (Å²) in [6.07, 6.45) is 0.907. The van der Waals surface area contributed by atoms with E-state index in [-0.39, 0.29) is 11.9 Å². The van der Waals surface area contributed by atoms with Crippen molar-refractivity contribution in [3.63, 3.8) is 0 Å². The molecule has 2 aromatic heterocycles. The third kappa shape index (κ3) is 3.28. The zero-order valence-corrected chi connectivity index (χ0v) is 12.1. The summed E-state index contributed by atoms with van der Waals surface area (Å²) < 4.78 is 0. The van der Waals surface area contributed by atoms with E-state index in [1.165, 1.54) is 5.56 Å². The maximum Gasteiger partial charge on any atom is 0.147 e. The first-order chi connectivity index (χ1) is 8.56. The van der Waals surface area contributed by atoms with Gasteiger partial charge in [-0.15, -0.1) is 0 Å². The molecule has 96 valence electrons. The first-order valence-electron chi connectivity index (χ1n) is 5.45. The number of halogens is 2. The lowest BCUT2D eigenvalue weighted by Gasteiger charge is -2.15. The van der Waals surface area contributed by atoms with Crippen molar-refractivity contribution in [2.24, 2.45) is 0 Å². The van der Waals surface area contributed by atoms with Crippen molar-refractivity contribution < 1.29 is 0 Å². The Bertz CT molecular complexity index is 528. The number of thiophene rings is 1. The van der Waals surface area contributed by atoms with Gasteiger partial charge in [-0.2, -0.15) is 11.3 Å². The Morgan fingerprint density at radius 1 is 1.44 bits per heavy atom. The first-order valence-corrected chi connectivity index (χ1v) is 7.15. The lowest BCUT2D eigenvalue weighted by molar-refractivity contribution is 0.787. The van der Waals surface area contributed by atoms with Gasteiger partial charge in [-0.05, 0) is 41.8 Å². The summed E-state index contributed by atoms with van der Waals surface area (Å²) in [7, 11) is 0. The first kappa shape index (κ1) is 13.5. The molecule has 2 aromatic rings. The van der Waals surface area contributed by atoms with Gasteiger partial charge >= 0.3 is 0 Å². The molecule has 0 fully saturated rings. The maximum atomic E-state index is 6.06. The number of anilines is 2. The Balaban J connectivity index is 2.07. The number of hydrogen-bond donors (Lipinski definition) is 2. The minimum absolute atomic E-state index is 0.213. The van der Waals surface area contributed by atoms with Crippen LogP contribution in [0.15, 0.2) is 22.9 Å². The van der Waals surface area contributed by atoms with Gasteiger partial charge in [0.15, 0.2) is 0 Å². The van der Waals surface area contributed by atoms with Crippen molar-refractivity contribution in [2.75, 3.05) is 11.1 Å². The van der Waals surface area contributed by atoms with Crippen LogP contribution in [0.2, 0.25) is 10.0 Å². The summed E-state index contributed by atoms with van der Waals surface area (Å²) in [6, 6.07) is 3.92. The summed E-state index contributed by atoms with van der Waals surface area (Å²) in [5.74, 6) is 0.854. The Morgan fingerprint density at radius 3 is 2.89 bits per heavy atom. The predicted octanol–water partition coefficient (Wildman–Crippen LogP) is 4.08. The largest absolute Gasteiger partial charge is 0.382 e.